The number of hydrogen-bond acceptors (Lipinski definition) is 1. The zero-order valence-electron chi connectivity index (χ0n) is 10.5. The van der Waals surface area contributed by atoms with Crippen LogP contribution >= 0.6 is 0 Å². The highest BCUT2D eigenvalue weighted by Crippen LogP contribution is 2.27. The average molecular weight is 230 g/mol. The highest BCUT2D eigenvalue weighted by molar-refractivity contribution is 5.85. The summed E-state index contributed by atoms with van der Waals surface area (Å²) in [5, 5.41) is 0. The lowest BCUT2D eigenvalue weighted by molar-refractivity contribution is -0.120. The Morgan fingerprint density at radius 2 is 1.47 bits per heavy atom. The van der Waals surface area contributed by atoms with Crippen molar-refractivity contribution in [2.45, 2.75) is 57.3 Å². The lowest BCUT2D eigenvalue weighted by Crippen LogP contribution is -2.13. The van der Waals surface area contributed by atoms with Gasteiger partial charge in [-0.1, -0.05) is 62.4 Å². The summed E-state index contributed by atoms with van der Waals surface area (Å²) in [6.07, 6.45) is 9.28. The zero-order valence-corrected chi connectivity index (χ0v) is 10.5. The van der Waals surface area contributed by atoms with Gasteiger partial charge in [-0.25, -0.2) is 0 Å². The van der Waals surface area contributed by atoms with E-state index in [0.29, 0.717) is 5.78 Å². The molecule has 0 saturated heterocycles. The number of carbonyl (C=O) groups excluding carboxylic acids is 1. The Bertz CT molecular complexity index is 342. The minimum Gasteiger partial charge on any atom is -0.299 e. The molecule has 1 aromatic carbocycles. The van der Waals surface area contributed by atoms with Crippen molar-refractivity contribution < 1.29 is 4.79 Å². The van der Waals surface area contributed by atoms with Gasteiger partial charge in [-0.3, -0.25) is 4.79 Å². The van der Waals surface area contributed by atoms with Crippen molar-refractivity contribution in [3.8, 4) is 0 Å². The van der Waals surface area contributed by atoms with Crippen molar-refractivity contribution in [3.05, 3.63) is 35.9 Å². The van der Waals surface area contributed by atoms with E-state index in [9.17, 15) is 4.79 Å². The summed E-state index contributed by atoms with van der Waals surface area (Å²) in [5.74, 6) is 0.618. The molecule has 0 amide bonds. The maximum Gasteiger partial charge on any atom is 0.140 e. The third-order valence-electron chi connectivity index (χ3n) is 3.76. The molecule has 17 heavy (non-hydrogen) atoms. The van der Waals surface area contributed by atoms with Crippen LogP contribution in [0.25, 0.3) is 0 Å². The van der Waals surface area contributed by atoms with E-state index in [4.69, 9.17) is 0 Å². The molecule has 0 heterocycles. The van der Waals surface area contributed by atoms with Gasteiger partial charge in [-0.2, -0.15) is 0 Å². The summed E-state index contributed by atoms with van der Waals surface area (Å²) in [4.78, 5) is 12.2. The van der Waals surface area contributed by atoms with Crippen molar-refractivity contribution >= 4 is 5.78 Å². The standard InChI is InChI=1S/C16H22O/c17-16-13-9-4-2-1-3-8-12-15(16)14-10-6-5-7-11-14/h5-7,10-11,15H,1-4,8-9,12-13H2. The van der Waals surface area contributed by atoms with Crippen molar-refractivity contribution in [2.75, 3.05) is 0 Å². The van der Waals surface area contributed by atoms with Gasteiger partial charge in [0.05, 0.1) is 0 Å². The largest absolute Gasteiger partial charge is 0.299 e. The highest BCUT2D eigenvalue weighted by atomic mass is 16.1. The molecule has 1 unspecified atom stereocenters. The van der Waals surface area contributed by atoms with Gasteiger partial charge in [0.25, 0.3) is 0 Å². The molecule has 0 aromatic heterocycles. The Morgan fingerprint density at radius 1 is 0.824 bits per heavy atom. The molecule has 1 aliphatic carbocycles. The van der Waals surface area contributed by atoms with E-state index < -0.39 is 0 Å². The van der Waals surface area contributed by atoms with Gasteiger partial charge in [0, 0.05) is 12.3 Å². The Hall–Kier alpha value is -1.11. The summed E-state index contributed by atoms with van der Waals surface area (Å²) in [6, 6.07) is 10.3. The van der Waals surface area contributed by atoms with Crippen LogP contribution in [0.2, 0.25) is 0 Å². The van der Waals surface area contributed by atoms with E-state index in [0.717, 1.165) is 19.3 Å². The van der Waals surface area contributed by atoms with Crippen molar-refractivity contribution in [1.82, 2.24) is 0 Å². The monoisotopic (exact) mass is 230 g/mol. The fraction of sp³-hybridized carbons (Fsp3) is 0.562. The van der Waals surface area contributed by atoms with Crippen LogP contribution < -0.4 is 0 Å². The van der Waals surface area contributed by atoms with Crippen molar-refractivity contribution in [1.29, 1.82) is 0 Å². The van der Waals surface area contributed by atoms with Gasteiger partial charge in [0.15, 0.2) is 0 Å². The van der Waals surface area contributed by atoms with E-state index in [1.54, 1.807) is 0 Å². The van der Waals surface area contributed by atoms with E-state index in [-0.39, 0.29) is 5.92 Å². The molecule has 1 atom stereocenters. The number of ketones is 1. The van der Waals surface area contributed by atoms with E-state index >= 15 is 0 Å². The van der Waals surface area contributed by atoms with E-state index in [1.165, 1.54) is 37.7 Å². The fourth-order valence-electron chi connectivity index (χ4n) is 2.73. The first-order valence-electron chi connectivity index (χ1n) is 6.95. The molecular formula is C16H22O. The SMILES string of the molecule is O=C1CCCCCCCCC1c1ccccc1. The second-order valence-electron chi connectivity index (χ2n) is 5.09. The molecule has 1 fully saturated rings. The summed E-state index contributed by atoms with van der Waals surface area (Å²) in [7, 11) is 0. The molecule has 1 aromatic rings. The first-order valence-corrected chi connectivity index (χ1v) is 6.95. The number of benzene rings is 1. The van der Waals surface area contributed by atoms with Crippen molar-refractivity contribution in [2.24, 2.45) is 0 Å². The molecule has 1 nitrogen and oxygen atoms in total. The number of hydrogen-bond donors (Lipinski definition) is 0. The fourth-order valence-corrected chi connectivity index (χ4v) is 2.73. The van der Waals surface area contributed by atoms with Crippen LogP contribution in [-0.4, -0.2) is 5.78 Å². The Balaban J connectivity index is 2.07. The Morgan fingerprint density at radius 3 is 2.24 bits per heavy atom. The average Bonchev–Trinajstić information content (AvgIpc) is 2.38. The molecule has 1 saturated carbocycles. The molecule has 0 aliphatic heterocycles. The summed E-state index contributed by atoms with van der Waals surface area (Å²) in [6.45, 7) is 0. The van der Waals surface area contributed by atoms with E-state index in [2.05, 4.69) is 12.1 Å². The predicted octanol–water partition coefficient (Wildman–Crippen LogP) is 4.47. The second-order valence-corrected chi connectivity index (χ2v) is 5.09. The van der Waals surface area contributed by atoms with Crippen LogP contribution in [0.5, 0.6) is 0 Å². The molecule has 2 rings (SSSR count). The molecule has 0 radical (unpaired) electrons. The molecule has 0 N–H and O–H groups in total. The minimum atomic E-state index is 0.161. The van der Waals surface area contributed by atoms with Crippen LogP contribution in [0, 0.1) is 0 Å². The minimum absolute atomic E-state index is 0.161. The smallest absolute Gasteiger partial charge is 0.140 e. The lowest BCUT2D eigenvalue weighted by atomic mass is 9.86. The van der Waals surface area contributed by atoms with Crippen molar-refractivity contribution in [3.63, 3.8) is 0 Å². The van der Waals surface area contributed by atoms with Gasteiger partial charge in [0.1, 0.15) is 5.78 Å². The summed E-state index contributed by atoms with van der Waals surface area (Å²) < 4.78 is 0. The molecule has 1 heteroatoms. The topological polar surface area (TPSA) is 17.1 Å². The highest BCUT2D eigenvalue weighted by Gasteiger charge is 2.19. The zero-order chi connectivity index (χ0) is 11.9. The second kappa shape index (κ2) is 6.58. The molecule has 1 aliphatic rings. The molecule has 92 valence electrons. The van der Waals surface area contributed by atoms with Gasteiger partial charge in [-0.15, -0.1) is 0 Å². The van der Waals surface area contributed by atoms with Gasteiger partial charge < -0.3 is 0 Å². The van der Waals surface area contributed by atoms with Gasteiger partial charge >= 0.3 is 0 Å². The van der Waals surface area contributed by atoms with Crippen LogP contribution in [0.3, 0.4) is 0 Å². The van der Waals surface area contributed by atoms with Gasteiger partial charge in [-0.05, 0) is 18.4 Å². The third-order valence-corrected chi connectivity index (χ3v) is 3.76. The maximum atomic E-state index is 12.2. The van der Waals surface area contributed by atoms with Crippen LogP contribution in [0.4, 0.5) is 0 Å². The predicted molar refractivity (Wildman–Crippen MR) is 71.1 cm³/mol. The molecular weight excluding hydrogens is 208 g/mol. The van der Waals surface area contributed by atoms with Crippen LogP contribution in [-0.2, 0) is 4.79 Å². The van der Waals surface area contributed by atoms with E-state index in [1.807, 2.05) is 18.2 Å². The first kappa shape index (κ1) is 12.3. The number of carbonyl (C=O) groups is 1. The first-order chi connectivity index (χ1) is 8.38. The quantitative estimate of drug-likeness (QED) is 0.695. The number of Topliss-reactive ketones (excluding diaryl/α,β-unsaturated/α-hetero) is 1. The number of rotatable bonds is 1. The summed E-state index contributed by atoms with van der Waals surface area (Å²) in [5.41, 5.74) is 1.22. The van der Waals surface area contributed by atoms with Gasteiger partial charge in [0.2, 0.25) is 0 Å². The maximum absolute atomic E-state index is 12.2. The Kier molecular flexibility index (Phi) is 4.78. The Labute approximate surface area is 104 Å². The third kappa shape index (κ3) is 3.69. The normalized spacial score (nSPS) is 23.3. The van der Waals surface area contributed by atoms with Crippen LogP contribution in [0.1, 0.15) is 62.8 Å². The molecule has 0 bridgehead atoms. The lowest BCUT2D eigenvalue weighted by Gasteiger charge is -2.17. The van der Waals surface area contributed by atoms with Crippen LogP contribution in [0.15, 0.2) is 30.3 Å². The molecule has 0 spiro atoms. The summed E-state index contributed by atoms with van der Waals surface area (Å²) >= 11 is 0.